The van der Waals surface area contributed by atoms with Crippen LogP contribution in [0.5, 0.6) is 0 Å². The van der Waals surface area contributed by atoms with Crippen molar-refractivity contribution in [1.82, 2.24) is 0 Å². The Hall–Kier alpha value is -0.294. The monoisotopic (exact) mass is 252 g/mol. The van der Waals surface area contributed by atoms with Gasteiger partial charge in [-0.25, -0.2) is 0 Å². The second kappa shape index (κ2) is 8.75. The van der Waals surface area contributed by atoms with Crippen LogP contribution < -0.4 is 10.2 Å². The number of carboxylic acids is 2. The molecule has 0 heterocycles. The zero-order valence-electron chi connectivity index (χ0n) is 11.0. The van der Waals surface area contributed by atoms with Crippen molar-refractivity contribution in [2.75, 3.05) is 0 Å². The molecule has 4 nitrogen and oxygen atoms in total. The van der Waals surface area contributed by atoms with E-state index < -0.39 is 23.3 Å². The number of carboxylic acid groups (broad SMARTS) is 2. The number of hydrogen-bond acceptors (Lipinski definition) is 4. The molecule has 0 aliphatic rings. The zero-order valence-corrected chi connectivity index (χ0v) is 12.4. The molecule has 5 heteroatoms. The molecule has 0 radical (unpaired) electrons. The molecule has 0 atom stereocenters. The molecule has 0 fully saturated rings. The van der Waals surface area contributed by atoms with E-state index in [1.165, 1.54) is 0 Å². The first-order chi connectivity index (χ1) is 7.33. The Morgan fingerprint density at radius 1 is 1.06 bits per heavy atom. The predicted octanol–water partition coefficient (Wildman–Crippen LogP) is -0.282. The van der Waals surface area contributed by atoms with Gasteiger partial charge in [-0.1, -0.05) is 46.5 Å². The average Bonchev–Trinajstić information content (AvgIpc) is 2.10. The number of rotatable bonds is 8. The van der Waals surface area contributed by atoms with Crippen LogP contribution in [0.3, 0.4) is 0 Å². The van der Waals surface area contributed by atoms with Crippen LogP contribution in [0.1, 0.15) is 52.9 Å². The van der Waals surface area contributed by atoms with Crippen LogP contribution in [0.25, 0.3) is 0 Å². The molecule has 0 rings (SSSR count). The van der Waals surface area contributed by atoms with Gasteiger partial charge in [0.15, 0.2) is 0 Å². The summed E-state index contributed by atoms with van der Waals surface area (Å²) in [5.74, 6) is -4.64. The summed E-state index contributed by atoms with van der Waals surface area (Å²) < 4.78 is 0. The second-order valence-electron chi connectivity index (χ2n) is 4.87. The molecule has 0 aromatic heterocycles. The fraction of sp³-hybridized carbons (Fsp3) is 0.833. The van der Waals surface area contributed by atoms with Crippen LogP contribution in [0.15, 0.2) is 0 Å². The van der Waals surface area contributed by atoms with E-state index in [2.05, 4.69) is 6.92 Å². The van der Waals surface area contributed by atoms with Crippen molar-refractivity contribution in [2.24, 2.45) is 11.3 Å². The van der Waals surface area contributed by atoms with Crippen molar-refractivity contribution in [3.05, 3.63) is 0 Å². The number of carbonyl (C=O) groups excluding carboxylic acids is 2. The molecule has 0 aliphatic carbocycles. The molecule has 0 saturated heterocycles. The normalized spacial score (nSPS) is 11.1. The smallest absolute Gasteiger partial charge is 0.549 e. The Bertz CT molecular complexity index is 237. The molecular weight excluding hydrogens is 232 g/mol. The first kappa shape index (κ1) is 19.1. The van der Waals surface area contributed by atoms with E-state index in [9.17, 15) is 19.8 Å². The Kier molecular flexibility index (Phi) is 9.80. The maximum absolute atomic E-state index is 10.7. The standard InChI is InChI=1S/C12H22O4.Mg/c1-4-5-6-7-8-12(2,3)9(10(13)14)11(15)16;/h9H,4-8H2,1-3H3,(H,13,14)(H,15,16);/q;+2/p-2. The van der Waals surface area contributed by atoms with Gasteiger partial charge in [-0.2, -0.15) is 0 Å². The first-order valence-electron chi connectivity index (χ1n) is 5.74. The van der Waals surface area contributed by atoms with Crippen LogP contribution in [0.2, 0.25) is 0 Å². The van der Waals surface area contributed by atoms with E-state index >= 15 is 0 Å². The van der Waals surface area contributed by atoms with Gasteiger partial charge in [0, 0.05) is 5.92 Å². The van der Waals surface area contributed by atoms with E-state index in [1.807, 2.05) is 0 Å². The molecule has 17 heavy (non-hydrogen) atoms. The largest absolute Gasteiger partial charge is 2.00 e. The van der Waals surface area contributed by atoms with Gasteiger partial charge in [-0.15, -0.1) is 0 Å². The van der Waals surface area contributed by atoms with Gasteiger partial charge in [0.25, 0.3) is 0 Å². The van der Waals surface area contributed by atoms with E-state index in [4.69, 9.17) is 0 Å². The number of unbranched alkanes of at least 4 members (excludes halogenated alkanes) is 3. The maximum Gasteiger partial charge on any atom is 2.00 e. The zero-order chi connectivity index (χ0) is 12.8. The summed E-state index contributed by atoms with van der Waals surface area (Å²) in [4.78, 5) is 21.5. The summed E-state index contributed by atoms with van der Waals surface area (Å²) in [5.41, 5.74) is -0.814. The van der Waals surface area contributed by atoms with E-state index in [0.29, 0.717) is 6.42 Å². The van der Waals surface area contributed by atoms with E-state index in [1.54, 1.807) is 13.8 Å². The maximum atomic E-state index is 10.7. The molecule has 0 spiro atoms. The van der Waals surface area contributed by atoms with Crippen molar-refractivity contribution >= 4 is 35.0 Å². The third-order valence-electron chi connectivity index (χ3n) is 2.93. The summed E-state index contributed by atoms with van der Waals surface area (Å²) in [6.45, 7) is 5.35. The van der Waals surface area contributed by atoms with Gasteiger partial charge >= 0.3 is 23.1 Å². The molecule has 0 N–H and O–H groups in total. The summed E-state index contributed by atoms with van der Waals surface area (Å²) >= 11 is 0. The molecule has 0 amide bonds. The number of carbonyl (C=O) groups is 2. The molecule has 0 bridgehead atoms. The SMILES string of the molecule is CCCCCCC(C)(C)C(C(=O)[O-])C(=O)[O-].[Mg+2]. The first-order valence-corrected chi connectivity index (χ1v) is 5.74. The minimum Gasteiger partial charge on any atom is -0.549 e. The van der Waals surface area contributed by atoms with Crippen molar-refractivity contribution < 1.29 is 19.8 Å². The average molecular weight is 253 g/mol. The van der Waals surface area contributed by atoms with Crippen LogP contribution in [-0.4, -0.2) is 35.0 Å². The minimum absolute atomic E-state index is 0. The van der Waals surface area contributed by atoms with Crippen molar-refractivity contribution in [1.29, 1.82) is 0 Å². The Morgan fingerprint density at radius 2 is 1.53 bits per heavy atom. The summed E-state index contributed by atoms with van der Waals surface area (Å²) in [6, 6.07) is 0. The summed E-state index contributed by atoms with van der Waals surface area (Å²) in [7, 11) is 0. The Morgan fingerprint density at radius 3 is 1.88 bits per heavy atom. The minimum atomic E-state index is -1.56. The van der Waals surface area contributed by atoms with Gasteiger partial charge in [0.2, 0.25) is 0 Å². The van der Waals surface area contributed by atoms with Crippen LogP contribution in [0.4, 0.5) is 0 Å². The van der Waals surface area contributed by atoms with Gasteiger partial charge in [0.1, 0.15) is 0 Å². The Balaban J connectivity index is 0. The van der Waals surface area contributed by atoms with Crippen molar-refractivity contribution in [3.8, 4) is 0 Å². The topological polar surface area (TPSA) is 80.3 Å². The van der Waals surface area contributed by atoms with Crippen molar-refractivity contribution in [3.63, 3.8) is 0 Å². The fourth-order valence-corrected chi connectivity index (χ4v) is 1.89. The summed E-state index contributed by atoms with van der Waals surface area (Å²) in [6.07, 6.45) is 4.55. The van der Waals surface area contributed by atoms with Gasteiger partial charge < -0.3 is 19.8 Å². The van der Waals surface area contributed by atoms with Gasteiger partial charge in [-0.3, -0.25) is 0 Å². The predicted molar refractivity (Wildman–Crippen MR) is 61.8 cm³/mol. The molecule has 94 valence electrons. The number of hydrogen-bond donors (Lipinski definition) is 0. The summed E-state index contributed by atoms with van der Waals surface area (Å²) in [5, 5.41) is 21.5. The molecule has 0 unspecified atom stereocenters. The fourth-order valence-electron chi connectivity index (χ4n) is 1.89. The molecule has 0 saturated carbocycles. The third-order valence-corrected chi connectivity index (χ3v) is 2.93. The van der Waals surface area contributed by atoms with Crippen LogP contribution in [-0.2, 0) is 9.59 Å². The second-order valence-corrected chi connectivity index (χ2v) is 4.87. The van der Waals surface area contributed by atoms with Crippen molar-refractivity contribution in [2.45, 2.75) is 52.9 Å². The van der Waals surface area contributed by atoms with Gasteiger partial charge in [0.05, 0.1) is 11.9 Å². The quantitative estimate of drug-likeness (QED) is 0.338. The third kappa shape index (κ3) is 6.88. The van der Waals surface area contributed by atoms with E-state index in [0.717, 1.165) is 25.7 Å². The molecular formula is C12H20MgO4. The van der Waals surface area contributed by atoms with Crippen LogP contribution >= 0.6 is 0 Å². The van der Waals surface area contributed by atoms with Crippen LogP contribution in [0, 0.1) is 11.3 Å². The molecule has 0 aliphatic heterocycles. The van der Waals surface area contributed by atoms with Gasteiger partial charge in [-0.05, 0) is 11.8 Å². The number of aliphatic carboxylic acids is 2. The molecule has 0 aromatic carbocycles. The Labute approximate surface area is 119 Å². The molecule has 0 aromatic rings. The van der Waals surface area contributed by atoms with E-state index in [-0.39, 0.29) is 23.1 Å².